The number of hydrogen-bond acceptors (Lipinski definition) is 6. The van der Waals surface area contributed by atoms with Gasteiger partial charge in [0.25, 0.3) is 5.56 Å². The van der Waals surface area contributed by atoms with Gasteiger partial charge < -0.3 is 14.6 Å². The minimum absolute atomic E-state index is 0.0226. The molecule has 2 heterocycles. The van der Waals surface area contributed by atoms with Crippen LogP contribution in [0.25, 0.3) is 0 Å². The van der Waals surface area contributed by atoms with Crippen molar-refractivity contribution in [3.8, 4) is 5.75 Å². The molecule has 8 nitrogen and oxygen atoms in total. The second kappa shape index (κ2) is 11.1. The summed E-state index contributed by atoms with van der Waals surface area (Å²) < 4.78 is 47.8. The molecule has 0 atom stereocenters. The minimum atomic E-state index is -3.36. The van der Waals surface area contributed by atoms with E-state index in [0.717, 1.165) is 18.4 Å². The van der Waals surface area contributed by atoms with E-state index in [9.17, 15) is 22.4 Å². The smallest absolute Gasteiger partial charge is 0.328 e. The molecule has 0 amide bonds. The average Bonchev–Trinajstić information content (AvgIpc) is 3.64. The number of aromatic nitrogens is 2. The SMILES string of the molecule is O=c1ccn(CCCCCS(=O)(=O)CC2(c3ccc(F)c(OCC4CC4)c3)CCNCC2)c(=O)[nH]1. The molecule has 2 aliphatic rings. The number of benzene rings is 1. The summed E-state index contributed by atoms with van der Waals surface area (Å²) in [5.41, 5.74) is -0.643. The van der Waals surface area contributed by atoms with Crippen LogP contribution in [0.15, 0.2) is 40.1 Å². The van der Waals surface area contributed by atoms with Crippen LogP contribution in [-0.2, 0) is 21.8 Å². The number of hydrogen-bond donors (Lipinski definition) is 2. The number of unbranched alkanes of at least 4 members (excludes halogenated alkanes) is 2. The highest BCUT2D eigenvalue weighted by Crippen LogP contribution is 2.38. The highest BCUT2D eigenvalue weighted by molar-refractivity contribution is 7.91. The molecule has 1 saturated carbocycles. The first kappa shape index (κ1) is 25.6. The lowest BCUT2D eigenvalue weighted by molar-refractivity contribution is 0.282. The summed E-state index contributed by atoms with van der Waals surface area (Å²) in [7, 11) is -3.36. The third-order valence-electron chi connectivity index (χ3n) is 7.02. The van der Waals surface area contributed by atoms with E-state index in [2.05, 4.69) is 10.3 Å². The van der Waals surface area contributed by atoms with Crippen LogP contribution < -0.4 is 21.3 Å². The van der Waals surface area contributed by atoms with E-state index in [0.29, 0.717) is 64.3 Å². The van der Waals surface area contributed by atoms with Crippen molar-refractivity contribution in [1.82, 2.24) is 14.9 Å². The van der Waals surface area contributed by atoms with E-state index in [-0.39, 0.29) is 17.3 Å². The van der Waals surface area contributed by atoms with E-state index in [4.69, 9.17) is 4.74 Å². The van der Waals surface area contributed by atoms with Gasteiger partial charge in [-0.1, -0.05) is 12.5 Å². The molecule has 2 N–H and O–H groups in total. The fraction of sp³-hybridized carbons (Fsp3) is 0.600. The Bertz CT molecular complexity index is 1230. The summed E-state index contributed by atoms with van der Waals surface area (Å²) in [4.78, 5) is 25.1. The van der Waals surface area contributed by atoms with Crippen LogP contribution in [0.5, 0.6) is 5.75 Å². The molecule has 1 aliphatic carbocycles. The first-order valence-electron chi connectivity index (χ1n) is 12.4. The number of ether oxygens (including phenoxy) is 1. The number of nitrogens with one attached hydrogen (secondary N) is 2. The van der Waals surface area contributed by atoms with Crippen LogP contribution in [0.3, 0.4) is 0 Å². The molecule has 1 aromatic carbocycles. The molecule has 192 valence electrons. The summed E-state index contributed by atoms with van der Waals surface area (Å²) in [5, 5.41) is 3.30. The van der Waals surface area contributed by atoms with Gasteiger partial charge in [-0.15, -0.1) is 0 Å². The fourth-order valence-corrected chi connectivity index (χ4v) is 6.84. The molecule has 35 heavy (non-hydrogen) atoms. The van der Waals surface area contributed by atoms with Crippen molar-refractivity contribution in [3.05, 3.63) is 62.7 Å². The van der Waals surface area contributed by atoms with Crippen molar-refractivity contribution in [2.75, 3.05) is 31.2 Å². The van der Waals surface area contributed by atoms with Gasteiger partial charge in [0.1, 0.15) is 0 Å². The summed E-state index contributed by atoms with van der Waals surface area (Å²) in [6, 6.07) is 6.11. The van der Waals surface area contributed by atoms with Crippen molar-refractivity contribution in [2.24, 2.45) is 5.92 Å². The van der Waals surface area contributed by atoms with Gasteiger partial charge in [0, 0.05) is 24.2 Å². The van der Waals surface area contributed by atoms with Gasteiger partial charge in [-0.05, 0) is 75.2 Å². The number of H-pyrrole nitrogens is 1. The van der Waals surface area contributed by atoms with Gasteiger partial charge >= 0.3 is 5.69 Å². The second-order valence-electron chi connectivity index (χ2n) is 9.89. The maximum Gasteiger partial charge on any atom is 0.328 e. The van der Waals surface area contributed by atoms with Crippen LogP contribution in [0.4, 0.5) is 4.39 Å². The topological polar surface area (TPSA) is 110 Å². The van der Waals surface area contributed by atoms with Crippen molar-refractivity contribution in [2.45, 2.75) is 56.9 Å². The Morgan fingerprint density at radius 2 is 1.86 bits per heavy atom. The van der Waals surface area contributed by atoms with Crippen LogP contribution in [0.1, 0.15) is 50.5 Å². The minimum Gasteiger partial charge on any atom is -0.490 e. The molecule has 0 unspecified atom stereocenters. The van der Waals surface area contributed by atoms with Gasteiger partial charge in [0.05, 0.1) is 18.1 Å². The lowest BCUT2D eigenvalue weighted by Gasteiger charge is -2.38. The third kappa shape index (κ3) is 7.04. The Morgan fingerprint density at radius 1 is 1.09 bits per heavy atom. The van der Waals surface area contributed by atoms with Crippen LogP contribution in [-0.4, -0.2) is 49.2 Å². The normalized spacial score (nSPS) is 17.9. The largest absolute Gasteiger partial charge is 0.490 e. The highest BCUT2D eigenvalue weighted by Gasteiger charge is 2.38. The molecular weight excluding hydrogens is 473 g/mol. The number of piperidine rings is 1. The van der Waals surface area contributed by atoms with Crippen LogP contribution in [0, 0.1) is 11.7 Å². The maximum absolute atomic E-state index is 14.4. The predicted octanol–water partition coefficient (Wildman–Crippen LogP) is 2.37. The third-order valence-corrected chi connectivity index (χ3v) is 8.93. The summed E-state index contributed by atoms with van der Waals surface area (Å²) in [6.07, 6.45) is 6.76. The van der Waals surface area contributed by atoms with Gasteiger partial charge in [-0.3, -0.25) is 9.78 Å². The van der Waals surface area contributed by atoms with E-state index >= 15 is 0 Å². The molecule has 4 rings (SSSR count). The number of halogens is 1. The van der Waals surface area contributed by atoms with Crippen LogP contribution in [0.2, 0.25) is 0 Å². The predicted molar refractivity (Wildman–Crippen MR) is 132 cm³/mol. The lowest BCUT2D eigenvalue weighted by Crippen LogP contribution is -2.45. The summed E-state index contributed by atoms with van der Waals surface area (Å²) in [5.74, 6) is 0.378. The summed E-state index contributed by atoms with van der Waals surface area (Å²) >= 11 is 0. The van der Waals surface area contributed by atoms with Crippen molar-refractivity contribution in [3.63, 3.8) is 0 Å². The van der Waals surface area contributed by atoms with E-state index in [1.807, 2.05) is 0 Å². The molecule has 1 aliphatic heterocycles. The fourth-order valence-electron chi connectivity index (χ4n) is 4.75. The Hall–Kier alpha value is -2.46. The lowest BCUT2D eigenvalue weighted by atomic mass is 9.75. The first-order chi connectivity index (χ1) is 16.8. The van der Waals surface area contributed by atoms with Gasteiger partial charge in [-0.25, -0.2) is 17.6 Å². The Kier molecular flexibility index (Phi) is 8.11. The van der Waals surface area contributed by atoms with Crippen molar-refractivity contribution >= 4 is 9.84 Å². The zero-order chi connectivity index (χ0) is 24.9. The number of nitrogens with zero attached hydrogens (tertiary/aromatic N) is 1. The van der Waals surface area contributed by atoms with Crippen LogP contribution >= 0.6 is 0 Å². The molecule has 0 spiro atoms. The summed E-state index contributed by atoms with van der Waals surface area (Å²) in [6.45, 7) is 2.33. The van der Waals surface area contributed by atoms with Gasteiger partial charge in [0.2, 0.25) is 0 Å². The quantitative estimate of drug-likeness (QED) is 0.427. The molecule has 10 heteroatoms. The number of aryl methyl sites for hydroxylation is 1. The van der Waals surface area contributed by atoms with E-state index in [1.54, 1.807) is 12.1 Å². The number of sulfone groups is 1. The molecule has 1 saturated heterocycles. The second-order valence-corrected chi connectivity index (χ2v) is 12.1. The first-order valence-corrected chi connectivity index (χ1v) is 14.2. The monoisotopic (exact) mass is 507 g/mol. The average molecular weight is 508 g/mol. The molecule has 1 aromatic heterocycles. The Morgan fingerprint density at radius 3 is 2.57 bits per heavy atom. The van der Waals surface area contributed by atoms with E-state index in [1.165, 1.54) is 22.9 Å². The molecule has 0 radical (unpaired) electrons. The molecule has 2 fully saturated rings. The standard InChI is InChI=1S/C25H34FN3O5S/c26-21-7-6-20(16-22(21)34-17-19-4-5-19)25(9-11-27-12-10-25)18-35(32,33)15-3-1-2-13-29-14-8-23(30)28-24(29)31/h6-8,14,16,19,27H,1-5,9-13,15,17-18H2,(H,28,30,31). The Labute approximate surface area is 204 Å². The maximum atomic E-state index is 14.4. The van der Waals surface area contributed by atoms with Gasteiger partial charge in [-0.2, -0.15) is 0 Å². The molecule has 0 bridgehead atoms. The van der Waals surface area contributed by atoms with E-state index < -0.39 is 32.3 Å². The number of aromatic amines is 1. The zero-order valence-electron chi connectivity index (χ0n) is 19.9. The molecule has 2 aromatic rings. The van der Waals surface area contributed by atoms with Crippen molar-refractivity contribution < 1.29 is 17.5 Å². The van der Waals surface area contributed by atoms with Gasteiger partial charge in [0.15, 0.2) is 21.4 Å². The van der Waals surface area contributed by atoms with Crippen molar-refractivity contribution in [1.29, 1.82) is 0 Å². The Balaban J connectivity index is 1.37. The highest BCUT2D eigenvalue weighted by atomic mass is 32.2. The zero-order valence-corrected chi connectivity index (χ0v) is 20.7. The number of rotatable bonds is 12. The molecular formula is C25H34FN3O5S.